The molecule has 3 rings (SSSR count). The van der Waals surface area contributed by atoms with E-state index in [0.29, 0.717) is 13.0 Å². The van der Waals surface area contributed by atoms with E-state index in [4.69, 9.17) is 16.3 Å². The highest BCUT2D eigenvalue weighted by Crippen LogP contribution is 2.36. The number of hydrogen-bond acceptors (Lipinski definition) is 3. The lowest BCUT2D eigenvalue weighted by atomic mass is 10.0. The number of aryl methyl sites for hydroxylation is 1. The average molecular weight is 309 g/mol. The maximum Gasteiger partial charge on any atom is 0.126 e. The standard InChI is InChI=1S/C16H17ClO2S/c1-2-13-3-4-15(20-13)14(18)9-11-8-12(17)7-10-5-6-19-16(10)11/h3-4,7-8,14,18H,2,5-6,9H2,1H3. The van der Waals surface area contributed by atoms with Crippen molar-refractivity contribution in [3.05, 3.63) is 50.2 Å². The second-order valence-corrected chi connectivity index (χ2v) is 6.67. The van der Waals surface area contributed by atoms with E-state index in [9.17, 15) is 5.11 Å². The van der Waals surface area contributed by atoms with Gasteiger partial charge in [-0.15, -0.1) is 11.3 Å². The van der Waals surface area contributed by atoms with Crippen molar-refractivity contribution in [1.82, 2.24) is 0 Å². The van der Waals surface area contributed by atoms with Gasteiger partial charge in [0, 0.05) is 27.6 Å². The largest absolute Gasteiger partial charge is 0.493 e. The molecule has 1 aromatic heterocycles. The first-order valence-electron chi connectivity index (χ1n) is 6.88. The molecule has 4 heteroatoms. The molecule has 1 N–H and O–H groups in total. The Bertz CT molecular complexity index is 621. The number of fused-ring (bicyclic) bond motifs is 1. The van der Waals surface area contributed by atoms with Crippen LogP contribution < -0.4 is 4.74 Å². The number of aliphatic hydroxyl groups is 1. The van der Waals surface area contributed by atoms with Crippen LogP contribution in [-0.2, 0) is 19.3 Å². The van der Waals surface area contributed by atoms with Gasteiger partial charge in [0.1, 0.15) is 5.75 Å². The predicted molar refractivity (Wildman–Crippen MR) is 83.0 cm³/mol. The minimum absolute atomic E-state index is 0.493. The Kier molecular flexibility index (Phi) is 4.01. The summed E-state index contributed by atoms with van der Waals surface area (Å²) in [7, 11) is 0. The number of ether oxygens (including phenoxy) is 1. The fraction of sp³-hybridized carbons (Fsp3) is 0.375. The highest BCUT2D eigenvalue weighted by molar-refractivity contribution is 7.12. The van der Waals surface area contributed by atoms with Gasteiger partial charge in [0.25, 0.3) is 0 Å². The molecule has 106 valence electrons. The number of halogens is 1. The van der Waals surface area contributed by atoms with Crippen LogP contribution in [0.2, 0.25) is 5.02 Å². The predicted octanol–water partition coefficient (Wildman–Crippen LogP) is 4.17. The van der Waals surface area contributed by atoms with Crippen LogP contribution in [0, 0.1) is 0 Å². The van der Waals surface area contributed by atoms with E-state index >= 15 is 0 Å². The molecule has 0 saturated carbocycles. The fourth-order valence-electron chi connectivity index (χ4n) is 2.57. The van der Waals surface area contributed by atoms with Crippen molar-refractivity contribution in [1.29, 1.82) is 0 Å². The van der Waals surface area contributed by atoms with E-state index in [-0.39, 0.29) is 0 Å². The summed E-state index contributed by atoms with van der Waals surface area (Å²) in [5.41, 5.74) is 2.16. The average Bonchev–Trinajstić information content (AvgIpc) is 3.06. The minimum Gasteiger partial charge on any atom is -0.493 e. The van der Waals surface area contributed by atoms with Crippen molar-refractivity contribution >= 4 is 22.9 Å². The third kappa shape index (κ3) is 2.71. The molecule has 1 aliphatic rings. The van der Waals surface area contributed by atoms with Crippen molar-refractivity contribution in [2.24, 2.45) is 0 Å². The normalized spacial score (nSPS) is 14.9. The first-order chi connectivity index (χ1) is 9.67. The van der Waals surface area contributed by atoms with Crippen molar-refractivity contribution in [2.75, 3.05) is 6.61 Å². The summed E-state index contributed by atoms with van der Waals surface area (Å²) in [6.07, 6.45) is 1.96. The van der Waals surface area contributed by atoms with Crippen LogP contribution >= 0.6 is 22.9 Å². The molecule has 2 heterocycles. The van der Waals surface area contributed by atoms with Gasteiger partial charge in [0.05, 0.1) is 12.7 Å². The molecular formula is C16H17ClO2S. The molecule has 1 aromatic carbocycles. The topological polar surface area (TPSA) is 29.5 Å². The maximum atomic E-state index is 10.4. The second kappa shape index (κ2) is 5.76. The van der Waals surface area contributed by atoms with E-state index in [1.807, 2.05) is 18.2 Å². The summed E-state index contributed by atoms with van der Waals surface area (Å²) in [6.45, 7) is 2.83. The number of hydrogen-bond donors (Lipinski definition) is 1. The van der Waals surface area contributed by atoms with Crippen LogP contribution in [0.4, 0.5) is 0 Å². The highest BCUT2D eigenvalue weighted by Gasteiger charge is 2.20. The SMILES string of the molecule is CCc1ccc(C(O)Cc2cc(Cl)cc3c2OCC3)s1. The molecule has 0 radical (unpaired) electrons. The molecule has 0 spiro atoms. The zero-order chi connectivity index (χ0) is 14.1. The van der Waals surface area contributed by atoms with Crippen LogP contribution in [0.3, 0.4) is 0 Å². The van der Waals surface area contributed by atoms with Gasteiger partial charge in [0.2, 0.25) is 0 Å². The van der Waals surface area contributed by atoms with Crippen molar-refractivity contribution < 1.29 is 9.84 Å². The fourth-order valence-corrected chi connectivity index (χ4v) is 3.77. The van der Waals surface area contributed by atoms with Crippen molar-refractivity contribution in [2.45, 2.75) is 32.3 Å². The molecule has 1 unspecified atom stereocenters. The van der Waals surface area contributed by atoms with E-state index in [1.54, 1.807) is 11.3 Å². The van der Waals surface area contributed by atoms with E-state index in [0.717, 1.165) is 39.6 Å². The molecule has 2 nitrogen and oxygen atoms in total. The number of rotatable bonds is 4. The van der Waals surface area contributed by atoms with Gasteiger partial charge < -0.3 is 9.84 Å². The van der Waals surface area contributed by atoms with E-state index in [2.05, 4.69) is 13.0 Å². The summed E-state index contributed by atoms with van der Waals surface area (Å²) in [5, 5.41) is 11.1. The van der Waals surface area contributed by atoms with Gasteiger partial charge in [-0.05, 0) is 41.8 Å². The molecule has 0 fully saturated rings. The minimum atomic E-state index is -0.493. The number of aliphatic hydroxyl groups excluding tert-OH is 1. The van der Waals surface area contributed by atoms with Crippen molar-refractivity contribution in [3.63, 3.8) is 0 Å². The lowest BCUT2D eigenvalue weighted by molar-refractivity contribution is 0.181. The number of thiophene rings is 1. The summed E-state index contributed by atoms with van der Waals surface area (Å²) >= 11 is 7.82. The Morgan fingerprint density at radius 3 is 3.00 bits per heavy atom. The van der Waals surface area contributed by atoms with Crippen LogP contribution in [0.25, 0.3) is 0 Å². The Morgan fingerprint density at radius 2 is 2.25 bits per heavy atom. The Hall–Kier alpha value is -1.03. The monoisotopic (exact) mass is 308 g/mol. The molecule has 2 aromatic rings. The molecule has 0 aliphatic carbocycles. The van der Waals surface area contributed by atoms with E-state index in [1.165, 1.54) is 4.88 Å². The smallest absolute Gasteiger partial charge is 0.126 e. The van der Waals surface area contributed by atoms with Crippen molar-refractivity contribution in [3.8, 4) is 5.75 Å². The lowest BCUT2D eigenvalue weighted by Gasteiger charge is -2.12. The Morgan fingerprint density at radius 1 is 1.40 bits per heavy atom. The van der Waals surface area contributed by atoms with E-state index < -0.39 is 6.10 Å². The number of benzene rings is 1. The zero-order valence-corrected chi connectivity index (χ0v) is 12.9. The van der Waals surface area contributed by atoms with Gasteiger partial charge in [-0.3, -0.25) is 0 Å². The molecule has 20 heavy (non-hydrogen) atoms. The quantitative estimate of drug-likeness (QED) is 0.918. The lowest BCUT2D eigenvalue weighted by Crippen LogP contribution is -2.01. The molecular weight excluding hydrogens is 292 g/mol. The summed E-state index contributed by atoms with van der Waals surface area (Å²) in [4.78, 5) is 2.31. The summed E-state index contributed by atoms with van der Waals surface area (Å²) < 4.78 is 5.68. The third-order valence-corrected chi connectivity index (χ3v) is 5.15. The molecule has 1 atom stereocenters. The molecule has 0 amide bonds. The van der Waals surface area contributed by atoms with Gasteiger partial charge in [-0.1, -0.05) is 18.5 Å². The maximum absolute atomic E-state index is 10.4. The summed E-state index contributed by atoms with van der Waals surface area (Å²) in [6, 6.07) is 7.96. The Labute approximate surface area is 128 Å². The first-order valence-corrected chi connectivity index (χ1v) is 8.07. The van der Waals surface area contributed by atoms with Gasteiger partial charge >= 0.3 is 0 Å². The van der Waals surface area contributed by atoms with Crippen LogP contribution in [0.15, 0.2) is 24.3 Å². The van der Waals surface area contributed by atoms with Gasteiger partial charge in [0.15, 0.2) is 0 Å². The molecule has 0 saturated heterocycles. The molecule has 1 aliphatic heterocycles. The Balaban J connectivity index is 1.84. The zero-order valence-electron chi connectivity index (χ0n) is 11.4. The van der Waals surface area contributed by atoms with Gasteiger partial charge in [-0.2, -0.15) is 0 Å². The third-order valence-electron chi connectivity index (χ3n) is 3.60. The highest BCUT2D eigenvalue weighted by atomic mass is 35.5. The van der Waals surface area contributed by atoms with Gasteiger partial charge in [-0.25, -0.2) is 0 Å². The van der Waals surface area contributed by atoms with Crippen LogP contribution in [0.1, 0.15) is 33.9 Å². The van der Waals surface area contributed by atoms with Crippen LogP contribution in [-0.4, -0.2) is 11.7 Å². The second-order valence-electron chi connectivity index (χ2n) is 5.03. The summed E-state index contributed by atoms with van der Waals surface area (Å²) in [5.74, 6) is 0.917. The molecule has 0 bridgehead atoms. The first kappa shape index (κ1) is 13.9. The van der Waals surface area contributed by atoms with Crippen LogP contribution in [0.5, 0.6) is 5.75 Å².